The van der Waals surface area contributed by atoms with E-state index < -0.39 is 0 Å². The van der Waals surface area contributed by atoms with Gasteiger partial charge in [-0.1, -0.05) is 39.3 Å². The van der Waals surface area contributed by atoms with E-state index in [1.807, 2.05) is 25.1 Å². The van der Waals surface area contributed by atoms with Crippen LogP contribution in [0.2, 0.25) is 0 Å². The quantitative estimate of drug-likeness (QED) is 0.896. The first kappa shape index (κ1) is 14.3. The molecule has 1 atom stereocenters. The maximum atomic E-state index is 12.3. The molecule has 0 bridgehead atoms. The lowest BCUT2D eigenvalue weighted by molar-refractivity contribution is 0.0938. The summed E-state index contributed by atoms with van der Waals surface area (Å²) in [6.07, 6.45) is 4.42. The molecule has 21 heavy (non-hydrogen) atoms. The van der Waals surface area contributed by atoms with E-state index in [1.165, 1.54) is 11.8 Å². The minimum atomic E-state index is -0.0993. The number of benzene rings is 1. The maximum absolute atomic E-state index is 12.3. The van der Waals surface area contributed by atoms with Gasteiger partial charge >= 0.3 is 0 Å². The minimum absolute atomic E-state index is 0.0400. The van der Waals surface area contributed by atoms with Gasteiger partial charge < -0.3 is 9.84 Å². The lowest BCUT2D eigenvalue weighted by Gasteiger charge is -2.14. The van der Waals surface area contributed by atoms with Crippen LogP contribution in [0.5, 0.6) is 0 Å². The number of carbonyl (C=O) groups is 1. The van der Waals surface area contributed by atoms with Gasteiger partial charge in [-0.15, -0.1) is 0 Å². The van der Waals surface area contributed by atoms with E-state index in [0.29, 0.717) is 11.5 Å². The Bertz CT molecular complexity index is 649. The Balaban J connectivity index is 1.64. The van der Waals surface area contributed by atoms with Crippen LogP contribution in [-0.4, -0.2) is 17.1 Å². The molecule has 5 heteroatoms. The highest BCUT2D eigenvalue weighted by atomic mass is 79.9. The summed E-state index contributed by atoms with van der Waals surface area (Å²) < 4.78 is 6.03. The van der Waals surface area contributed by atoms with Crippen molar-refractivity contribution >= 4 is 21.8 Å². The Morgan fingerprint density at radius 2 is 2.24 bits per heavy atom. The highest BCUT2D eigenvalue weighted by Gasteiger charge is 2.31. The number of hydrogen-bond donors (Lipinski definition) is 1. The lowest BCUT2D eigenvalue weighted by atomic mass is 10.1. The number of hydrogen-bond acceptors (Lipinski definition) is 3. The van der Waals surface area contributed by atoms with E-state index in [-0.39, 0.29) is 11.9 Å². The third-order valence-corrected chi connectivity index (χ3v) is 4.44. The first-order valence-corrected chi connectivity index (χ1v) is 7.93. The standard InChI is InChI=1S/C16H17BrN2O2/c1-10(8-12-4-2-3-5-14(12)17)18-16(20)13-9-21-19-15(13)11-6-7-11/h2-5,9-11H,6-8H2,1H3,(H,18,20)/t10-/m0/s1. The van der Waals surface area contributed by atoms with Crippen LogP contribution >= 0.6 is 15.9 Å². The third kappa shape index (κ3) is 3.35. The second kappa shape index (κ2) is 6.02. The Hall–Kier alpha value is -1.62. The van der Waals surface area contributed by atoms with E-state index in [1.54, 1.807) is 0 Å². The minimum Gasteiger partial charge on any atom is -0.364 e. The molecule has 0 radical (unpaired) electrons. The van der Waals surface area contributed by atoms with Crippen molar-refractivity contribution in [2.75, 3.05) is 0 Å². The predicted molar refractivity (Wildman–Crippen MR) is 83.3 cm³/mol. The van der Waals surface area contributed by atoms with Crippen LogP contribution in [-0.2, 0) is 6.42 Å². The molecule has 1 aliphatic carbocycles. The van der Waals surface area contributed by atoms with E-state index in [2.05, 4.69) is 32.5 Å². The van der Waals surface area contributed by atoms with E-state index in [9.17, 15) is 4.79 Å². The highest BCUT2D eigenvalue weighted by molar-refractivity contribution is 9.10. The van der Waals surface area contributed by atoms with Gasteiger partial charge in [-0.2, -0.15) is 0 Å². The molecule has 0 spiro atoms. The van der Waals surface area contributed by atoms with Crippen molar-refractivity contribution in [2.45, 2.75) is 38.1 Å². The molecule has 1 aromatic heterocycles. The average molecular weight is 349 g/mol. The Labute approximate surface area is 132 Å². The number of nitrogens with zero attached hydrogens (tertiary/aromatic N) is 1. The lowest BCUT2D eigenvalue weighted by Crippen LogP contribution is -2.34. The summed E-state index contributed by atoms with van der Waals surface area (Å²) in [6.45, 7) is 2.00. The summed E-state index contributed by atoms with van der Waals surface area (Å²) in [5.41, 5.74) is 2.56. The van der Waals surface area contributed by atoms with Crippen molar-refractivity contribution < 1.29 is 9.32 Å². The van der Waals surface area contributed by atoms with E-state index in [4.69, 9.17) is 4.52 Å². The van der Waals surface area contributed by atoms with E-state index in [0.717, 1.165) is 29.4 Å². The van der Waals surface area contributed by atoms with Crippen LogP contribution in [0.15, 0.2) is 39.5 Å². The largest absolute Gasteiger partial charge is 0.364 e. The number of aromatic nitrogens is 1. The molecule has 2 aromatic rings. The van der Waals surface area contributed by atoms with Crippen molar-refractivity contribution in [1.82, 2.24) is 10.5 Å². The predicted octanol–water partition coefficient (Wildman–Crippen LogP) is 3.68. The molecule has 1 aliphatic rings. The summed E-state index contributed by atoms with van der Waals surface area (Å²) in [5.74, 6) is 0.306. The van der Waals surface area contributed by atoms with Crippen molar-refractivity contribution in [2.24, 2.45) is 0 Å². The van der Waals surface area contributed by atoms with Gasteiger partial charge in [-0.3, -0.25) is 4.79 Å². The summed E-state index contributed by atoms with van der Waals surface area (Å²) in [6, 6.07) is 8.09. The smallest absolute Gasteiger partial charge is 0.256 e. The van der Waals surface area contributed by atoms with Gasteiger partial charge in [0, 0.05) is 16.4 Å². The fourth-order valence-electron chi connectivity index (χ4n) is 2.41. The van der Waals surface area contributed by atoms with Crippen LogP contribution in [0.3, 0.4) is 0 Å². The van der Waals surface area contributed by atoms with Gasteiger partial charge in [0.1, 0.15) is 11.8 Å². The summed E-state index contributed by atoms with van der Waals surface area (Å²) in [4.78, 5) is 12.3. The molecule has 1 heterocycles. The Morgan fingerprint density at radius 1 is 1.48 bits per heavy atom. The van der Waals surface area contributed by atoms with Crippen molar-refractivity contribution in [1.29, 1.82) is 0 Å². The van der Waals surface area contributed by atoms with Gasteiger partial charge in [-0.05, 0) is 37.8 Å². The average Bonchev–Trinajstić information content (AvgIpc) is 3.18. The molecule has 1 fully saturated rings. The summed E-state index contributed by atoms with van der Waals surface area (Å²) in [5, 5.41) is 6.98. The highest BCUT2D eigenvalue weighted by Crippen LogP contribution is 2.40. The van der Waals surface area contributed by atoms with Gasteiger partial charge in [-0.25, -0.2) is 0 Å². The number of rotatable bonds is 5. The molecular formula is C16H17BrN2O2. The molecule has 110 valence electrons. The van der Waals surface area contributed by atoms with Crippen LogP contribution in [0, 0.1) is 0 Å². The van der Waals surface area contributed by atoms with Crippen molar-refractivity contribution in [3.8, 4) is 0 Å². The number of nitrogens with one attached hydrogen (secondary N) is 1. The molecule has 0 unspecified atom stereocenters. The first-order chi connectivity index (χ1) is 10.1. The third-order valence-electron chi connectivity index (χ3n) is 3.67. The number of amides is 1. The van der Waals surface area contributed by atoms with Gasteiger partial charge in [0.2, 0.25) is 0 Å². The molecule has 1 aromatic carbocycles. The van der Waals surface area contributed by atoms with Gasteiger partial charge in [0.05, 0.1) is 5.69 Å². The fraction of sp³-hybridized carbons (Fsp3) is 0.375. The Kier molecular flexibility index (Phi) is 4.10. The molecule has 3 rings (SSSR count). The van der Waals surface area contributed by atoms with Crippen molar-refractivity contribution in [3.63, 3.8) is 0 Å². The summed E-state index contributed by atoms with van der Waals surface area (Å²) >= 11 is 3.53. The first-order valence-electron chi connectivity index (χ1n) is 7.13. The van der Waals surface area contributed by atoms with Gasteiger partial charge in [0.15, 0.2) is 0 Å². The van der Waals surface area contributed by atoms with Crippen LogP contribution < -0.4 is 5.32 Å². The molecule has 0 aliphatic heterocycles. The number of carbonyl (C=O) groups excluding carboxylic acids is 1. The Morgan fingerprint density at radius 3 is 2.95 bits per heavy atom. The molecule has 0 saturated heterocycles. The van der Waals surface area contributed by atoms with Crippen LogP contribution in [0.25, 0.3) is 0 Å². The van der Waals surface area contributed by atoms with E-state index >= 15 is 0 Å². The van der Waals surface area contributed by atoms with Crippen LogP contribution in [0.4, 0.5) is 0 Å². The topological polar surface area (TPSA) is 55.1 Å². The zero-order valence-electron chi connectivity index (χ0n) is 11.8. The zero-order valence-corrected chi connectivity index (χ0v) is 13.4. The molecule has 1 amide bonds. The number of halogens is 1. The molecule has 1 saturated carbocycles. The second-order valence-electron chi connectivity index (χ2n) is 5.56. The SMILES string of the molecule is C[C@@H](Cc1ccccc1Br)NC(=O)c1conc1C1CC1. The maximum Gasteiger partial charge on any atom is 0.256 e. The molecule has 4 nitrogen and oxygen atoms in total. The van der Waals surface area contributed by atoms with Gasteiger partial charge in [0.25, 0.3) is 5.91 Å². The summed E-state index contributed by atoms with van der Waals surface area (Å²) in [7, 11) is 0. The monoisotopic (exact) mass is 348 g/mol. The second-order valence-corrected chi connectivity index (χ2v) is 6.41. The molecule has 1 N–H and O–H groups in total. The molecular weight excluding hydrogens is 332 g/mol. The van der Waals surface area contributed by atoms with Crippen molar-refractivity contribution in [3.05, 3.63) is 51.8 Å². The normalized spacial score (nSPS) is 15.7. The zero-order chi connectivity index (χ0) is 14.8. The van der Waals surface area contributed by atoms with Crippen LogP contribution in [0.1, 0.15) is 47.3 Å². The fourth-order valence-corrected chi connectivity index (χ4v) is 2.86.